The van der Waals surface area contributed by atoms with Crippen LogP contribution in [0.3, 0.4) is 0 Å². The number of fused-ring (bicyclic) bond motifs is 2. The van der Waals surface area contributed by atoms with Crippen molar-refractivity contribution >= 4 is 10.9 Å². The minimum absolute atomic E-state index is 0.0496. The first-order valence-electron chi connectivity index (χ1n) is 12.3. The van der Waals surface area contributed by atoms with Crippen LogP contribution in [-0.4, -0.2) is 9.55 Å². The molecule has 4 nitrogen and oxygen atoms in total. The minimum Gasteiger partial charge on any atom is -0.489 e. The number of benzene rings is 3. The largest absolute Gasteiger partial charge is 0.489 e. The second kappa shape index (κ2) is 8.95. The third kappa shape index (κ3) is 4.06. The Bertz CT molecular complexity index is 1580. The zero-order valence-electron chi connectivity index (χ0n) is 19.9. The van der Waals surface area contributed by atoms with E-state index in [0.29, 0.717) is 13.2 Å². The van der Waals surface area contributed by atoms with E-state index in [9.17, 15) is 4.79 Å². The number of nitrogens with zero attached hydrogens (tertiary/aromatic N) is 1. The fraction of sp³-hybridized carbons (Fsp3) is 0.194. The van der Waals surface area contributed by atoms with Gasteiger partial charge in [-0.15, -0.1) is 0 Å². The molecule has 0 bridgehead atoms. The number of aromatic amines is 1. The van der Waals surface area contributed by atoms with Crippen LogP contribution in [0, 0.1) is 6.92 Å². The van der Waals surface area contributed by atoms with Gasteiger partial charge in [0.05, 0.1) is 0 Å². The van der Waals surface area contributed by atoms with Gasteiger partial charge in [-0.1, -0.05) is 42.5 Å². The van der Waals surface area contributed by atoms with Crippen LogP contribution in [-0.2, 0) is 26.0 Å². The molecular weight excluding hydrogens is 432 g/mol. The molecule has 0 unspecified atom stereocenters. The molecule has 0 saturated heterocycles. The summed E-state index contributed by atoms with van der Waals surface area (Å²) >= 11 is 0. The first-order valence-corrected chi connectivity index (χ1v) is 12.3. The van der Waals surface area contributed by atoms with E-state index < -0.39 is 0 Å². The number of hydrogen-bond acceptors (Lipinski definition) is 2. The van der Waals surface area contributed by atoms with E-state index in [1.54, 1.807) is 6.20 Å². The predicted octanol–water partition coefficient (Wildman–Crippen LogP) is 6.42. The number of pyridine rings is 1. The Morgan fingerprint density at radius 2 is 1.69 bits per heavy atom. The van der Waals surface area contributed by atoms with Gasteiger partial charge in [0.2, 0.25) is 0 Å². The van der Waals surface area contributed by atoms with Crippen molar-refractivity contribution < 1.29 is 4.74 Å². The Morgan fingerprint density at radius 3 is 2.51 bits per heavy atom. The average Bonchev–Trinajstić information content (AvgIpc) is 3.45. The fourth-order valence-corrected chi connectivity index (χ4v) is 5.36. The van der Waals surface area contributed by atoms with Crippen LogP contribution in [0.1, 0.15) is 34.4 Å². The van der Waals surface area contributed by atoms with Gasteiger partial charge in [-0.3, -0.25) is 4.79 Å². The summed E-state index contributed by atoms with van der Waals surface area (Å²) in [7, 11) is 0. The molecule has 1 aliphatic carbocycles. The van der Waals surface area contributed by atoms with Crippen molar-refractivity contribution in [1.82, 2.24) is 9.55 Å². The molecule has 0 fully saturated rings. The SMILES string of the molecule is Cc1c(-c2ccc[nH]c2=O)c2cc3c(cc2n1Cc1cccc(OCc2ccccc2)c1)CCC3. The van der Waals surface area contributed by atoms with E-state index in [1.807, 2.05) is 36.4 Å². The highest BCUT2D eigenvalue weighted by molar-refractivity contribution is 5.99. The number of nitrogens with one attached hydrogen (secondary N) is 1. The van der Waals surface area contributed by atoms with Crippen LogP contribution in [0.2, 0.25) is 0 Å². The molecule has 0 saturated carbocycles. The molecule has 1 aliphatic rings. The van der Waals surface area contributed by atoms with E-state index in [0.717, 1.165) is 46.4 Å². The van der Waals surface area contributed by atoms with E-state index >= 15 is 0 Å². The van der Waals surface area contributed by atoms with Gasteiger partial charge in [-0.25, -0.2) is 0 Å². The van der Waals surface area contributed by atoms with Crippen LogP contribution in [0.5, 0.6) is 5.75 Å². The predicted molar refractivity (Wildman–Crippen MR) is 141 cm³/mol. The molecule has 0 atom stereocenters. The monoisotopic (exact) mass is 460 g/mol. The number of H-pyrrole nitrogens is 1. The van der Waals surface area contributed by atoms with Crippen LogP contribution >= 0.6 is 0 Å². The molecule has 35 heavy (non-hydrogen) atoms. The summed E-state index contributed by atoms with van der Waals surface area (Å²) in [6, 6.07) is 27.0. The third-order valence-corrected chi connectivity index (χ3v) is 7.11. The van der Waals surface area contributed by atoms with Gasteiger partial charge in [-0.2, -0.15) is 0 Å². The van der Waals surface area contributed by atoms with Crippen LogP contribution in [0.15, 0.2) is 89.9 Å². The maximum absolute atomic E-state index is 12.8. The van der Waals surface area contributed by atoms with E-state index in [1.165, 1.54) is 28.6 Å². The first-order chi connectivity index (χ1) is 17.2. The quantitative estimate of drug-likeness (QED) is 0.318. The van der Waals surface area contributed by atoms with Crippen molar-refractivity contribution in [2.75, 3.05) is 0 Å². The van der Waals surface area contributed by atoms with Crippen molar-refractivity contribution in [3.8, 4) is 16.9 Å². The molecular formula is C31H28N2O2. The maximum atomic E-state index is 12.8. The first kappa shape index (κ1) is 21.5. The lowest BCUT2D eigenvalue weighted by molar-refractivity contribution is 0.306. The summed E-state index contributed by atoms with van der Waals surface area (Å²) in [6.45, 7) is 3.39. The molecule has 4 heteroatoms. The zero-order chi connectivity index (χ0) is 23.8. The Kier molecular flexibility index (Phi) is 5.49. The number of hydrogen-bond donors (Lipinski definition) is 1. The van der Waals surface area contributed by atoms with Crippen LogP contribution in [0.25, 0.3) is 22.0 Å². The Balaban J connectivity index is 1.40. The molecule has 6 rings (SSSR count). The van der Waals surface area contributed by atoms with E-state index in [2.05, 4.69) is 58.9 Å². The smallest absolute Gasteiger partial charge is 0.255 e. The highest BCUT2D eigenvalue weighted by atomic mass is 16.5. The van der Waals surface area contributed by atoms with E-state index in [-0.39, 0.29) is 5.56 Å². The summed E-state index contributed by atoms with van der Waals surface area (Å²) in [6.07, 6.45) is 5.13. The minimum atomic E-state index is -0.0496. The third-order valence-electron chi connectivity index (χ3n) is 7.11. The van der Waals surface area contributed by atoms with Crippen molar-refractivity contribution in [2.24, 2.45) is 0 Å². The molecule has 2 aromatic heterocycles. The van der Waals surface area contributed by atoms with Crippen LogP contribution in [0.4, 0.5) is 0 Å². The highest BCUT2D eigenvalue weighted by Gasteiger charge is 2.21. The molecule has 2 heterocycles. The summed E-state index contributed by atoms with van der Waals surface area (Å²) in [4.78, 5) is 15.6. The van der Waals surface area contributed by atoms with Gasteiger partial charge >= 0.3 is 0 Å². The molecule has 1 N–H and O–H groups in total. The van der Waals surface area contributed by atoms with Crippen molar-refractivity contribution in [3.05, 3.63) is 123 Å². The van der Waals surface area contributed by atoms with Crippen LogP contribution < -0.4 is 10.3 Å². The Hall–Kier alpha value is -4.05. The van der Waals surface area contributed by atoms with Gasteiger partial charge in [0.1, 0.15) is 12.4 Å². The lowest BCUT2D eigenvalue weighted by Gasteiger charge is -2.12. The van der Waals surface area contributed by atoms with E-state index in [4.69, 9.17) is 4.74 Å². The molecule has 0 aliphatic heterocycles. The normalized spacial score (nSPS) is 12.7. The average molecular weight is 461 g/mol. The fourth-order valence-electron chi connectivity index (χ4n) is 5.36. The number of ether oxygens (including phenoxy) is 1. The molecule has 174 valence electrons. The topological polar surface area (TPSA) is 47.0 Å². The lowest BCUT2D eigenvalue weighted by Crippen LogP contribution is -2.08. The molecule has 0 amide bonds. The standard InChI is InChI=1S/C31H28N2O2/c1-21-30(27-14-7-15-32-31(27)34)28-17-24-11-6-12-25(24)18-29(28)33(21)19-23-10-5-13-26(16-23)35-20-22-8-3-2-4-9-22/h2-5,7-10,13-18H,6,11-12,19-20H2,1H3,(H,32,34). The van der Waals surface area contributed by atoms with Gasteiger partial charge in [-0.05, 0) is 84.8 Å². The second-order valence-corrected chi connectivity index (χ2v) is 9.37. The van der Waals surface area contributed by atoms with Crippen molar-refractivity contribution in [2.45, 2.75) is 39.3 Å². The van der Waals surface area contributed by atoms with Gasteiger partial charge in [0.15, 0.2) is 0 Å². The summed E-state index contributed by atoms with van der Waals surface area (Å²) in [5.41, 5.74) is 9.18. The van der Waals surface area contributed by atoms with Gasteiger partial charge in [0.25, 0.3) is 5.56 Å². The Labute approximate surface area is 204 Å². The van der Waals surface area contributed by atoms with Crippen molar-refractivity contribution in [1.29, 1.82) is 0 Å². The molecule has 0 radical (unpaired) electrons. The van der Waals surface area contributed by atoms with Gasteiger partial charge < -0.3 is 14.3 Å². The summed E-state index contributed by atoms with van der Waals surface area (Å²) in [5.74, 6) is 0.862. The van der Waals surface area contributed by atoms with Crippen molar-refractivity contribution in [3.63, 3.8) is 0 Å². The number of aromatic nitrogens is 2. The molecule has 5 aromatic rings. The Morgan fingerprint density at radius 1 is 0.886 bits per heavy atom. The number of aryl methyl sites for hydroxylation is 2. The summed E-state index contributed by atoms with van der Waals surface area (Å²) in [5, 5.41) is 1.16. The molecule has 3 aromatic carbocycles. The van der Waals surface area contributed by atoms with Gasteiger partial charge in [0, 0.05) is 40.5 Å². The lowest BCUT2D eigenvalue weighted by atomic mass is 10.0. The zero-order valence-corrected chi connectivity index (χ0v) is 19.9. The summed E-state index contributed by atoms with van der Waals surface area (Å²) < 4.78 is 8.44. The molecule has 0 spiro atoms. The number of rotatable bonds is 6. The second-order valence-electron chi connectivity index (χ2n) is 9.37. The highest BCUT2D eigenvalue weighted by Crippen LogP contribution is 2.37. The maximum Gasteiger partial charge on any atom is 0.255 e.